The number of aromatic nitrogens is 1. The van der Waals surface area contributed by atoms with Gasteiger partial charge in [-0.05, 0) is 36.8 Å². The third-order valence-corrected chi connectivity index (χ3v) is 4.31. The van der Waals surface area contributed by atoms with Gasteiger partial charge in [0.15, 0.2) is 0 Å². The van der Waals surface area contributed by atoms with Crippen LogP contribution in [0.2, 0.25) is 5.02 Å². The molecule has 0 radical (unpaired) electrons. The molecule has 0 fully saturated rings. The second-order valence-electron chi connectivity index (χ2n) is 5.89. The molecule has 5 nitrogen and oxygen atoms in total. The molecule has 1 heterocycles. The highest BCUT2D eigenvalue weighted by molar-refractivity contribution is 6.31. The second kappa shape index (κ2) is 8.47. The van der Waals surface area contributed by atoms with E-state index in [9.17, 15) is 9.59 Å². The van der Waals surface area contributed by atoms with Gasteiger partial charge in [-0.3, -0.25) is 9.78 Å². The van der Waals surface area contributed by atoms with Crippen LogP contribution in [-0.4, -0.2) is 16.9 Å². The second-order valence-corrected chi connectivity index (χ2v) is 6.30. The Morgan fingerprint density at radius 3 is 2.52 bits per heavy atom. The van der Waals surface area contributed by atoms with Crippen LogP contribution in [0.4, 0.5) is 5.69 Å². The lowest BCUT2D eigenvalue weighted by molar-refractivity contribution is -0.125. The van der Waals surface area contributed by atoms with Crippen LogP contribution >= 0.6 is 11.6 Å². The maximum absolute atomic E-state index is 12.8. The fourth-order valence-corrected chi connectivity index (χ4v) is 2.62. The number of amides is 1. The predicted molar refractivity (Wildman–Crippen MR) is 104 cm³/mol. The lowest BCUT2D eigenvalue weighted by Crippen LogP contribution is -2.26. The van der Waals surface area contributed by atoms with E-state index >= 15 is 0 Å². The van der Waals surface area contributed by atoms with Crippen LogP contribution in [0.3, 0.4) is 0 Å². The van der Waals surface area contributed by atoms with Crippen molar-refractivity contribution in [2.45, 2.75) is 13.0 Å². The summed E-state index contributed by atoms with van der Waals surface area (Å²) in [5, 5.41) is 3.29. The van der Waals surface area contributed by atoms with Crippen molar-refractivity contribution >= 4 is 29.2 Å². The molecule has 2 aromatic carbocycles. The summed E-state index contributed by atoms with van der Waals surface area (Å²) in [4.78, 5) is 29.2. The van der Waals surface area contributed by atoms with Gasteiger partial charge in [0, 0.05) is 28.7 Å². The van der Waals surface area contributed by atoms with Crippen LogP contribution in [-0.2, 0) is 9.53 Å². The van der Waals surface area contributed by atoms with Gasteiger partial charge in [0.1, 0.15) is 0 Å². The molecule has 1 amide bonds. The van der Waals surface area contributed by atoms with Crippen LogP contribution in [0, 0.1) is 6.92 Å². The Kier molecular flexibility index (Phi) is 5.84. The average molecular weight is 381 g/mol. The number of carbonyl (C=O) groups excluding carboxylic acids is 2. The van der Waals surface area contributed by atoms with Gasteiger partial charge >= 0.3 is 5.97 Å². The van der Waals surface area contributed by atoms with Gasteiger partial charge in [0.25, 0.3) is 5.91 Å². The summed E-state index contributed by atoms with van der Waals surface area (Å²) < 4.78 is 5.49. The van der Waals surface area contributed by atoms with Crippen LogP contribution in [0.5, 0.6) is 0 Å². The summed E-state index contributed by atoms with van der Waals surface area (Å²) in [5.41, 5.74) is 2.25. The number of rotatable bonds is 5. The summed E-state index contributed by atoms with van der Waals surface area (Å²) >= 11 is 6.11. The zero-order valence-electron chi connectivity index (χ0n) is 14.6. The Morgan fingerprint density at radius 2 is 1.85 bits per heavy atom. The summed E-state index contributed by atoms with van der Waals surface area (Å²) in [6.45, 7) is 1.87. The van der Waals surface area contributed by atoms with E-state index in [1.54, 1.807) is 60.8 Å². The number of nitrogens with zero attached hydrogens (tertiary/aromatic N) is 1. The largest absolute Gasteiger partial charge is 0.444 e. The molecule has 0 aliphatic heterocycles. The van der Waals surface area contributed by atoms with Gasteiger partial charge in [-0.2, -0.15) is 0 Å². The summed E-state index contributed by atoms with van der Waals surface area (Å²) in [5.74, 6) is -1.10. The lowest BCUT2D eigenvalue weighted by atomic mass is 10.1. The van der Waals surface area contributed by atoms with Gasteiger partial charge in [0.05, 0.1) is 5.56 Å². The SMILES string of the molecule is Cc1ccc(NC(=O)[C@@H](OC(=O)c2cccnc2)c2ccccc2)cc1Cl. The normalized spacial score (nSPS) is 11.5. The Labute approximate surface area is 162 Å². The molecule has 0 saturated carbocycles. The maximum atomic E-state index is 12.8. The van der Waals surface area contributed by atoms with Crippen molar-refractivity contribution in [1.29, 1.82) is 0 Å². The Morgan fingerprint density at radius 1 is 1.07 bits per heavy atom. The van der Waals surface area contributed by atoms with E-state index in [0.717, 1.165) is 5.56 Å². The summed E-state index contributed by atoms with van der Waals surface area (Å²) in [6.07, 6.45) is 1.83. The quantitative estimate of drug-likeness (QED) is 0.658. The Balaban J connectivity index is 1.84. The third kappa shape index (κ3) is 4.71. The number of esters is 1. The number of aryl methyl sites for hydroxylation is 1. The Bertz CT molecular complexity index is 946. The molecule has 27 heavy (non-hydrogen) atoms. The van der Waals surface area contributed by atoms with Crippen molar-refractivity contribution < 1.29 is 14.3 Å². The minimum Gasteiger partial charge on any atom is -0.444 e. The van der Waals surface area contributed by atoms with Crippen LogP contribution < -0.4 is 5.32 Å². The summed E-state index contributed by atoms with van der Waals surface area (Å²) in [6, 6.07) is 17.2. The molecule has 0 aliphatic rings. The van der Waals surface area contributed by atoms with E-state index in [1.807, 2.05) is 13.0 Å². The molecule has 1 atom stereocenters. The molecule has 0 aliphatic carbocycles. The first-order valence-electron chi connectivity index (χ1n) is 8.27. The van der Waals surface area contributed by atoms with Crippen molar-refractivity contribution in [3.8, 4) is 0 Å². The predicted octanol–water partition coefficient (Wildman–Crippen LogP) is 4.58. The third-order valence-electron chi connectivity index (χ3n) is 3.90. The van der Waals surface area contributed by atoms with Crippen molar-refractivity contribution in [3.05, 3.63) is 94.8 Å². The fraction of sp³-hybridized carbons (Fsp3) is 0.0952. The standard InChI is InChI=1S/C21H17ClN2O3/c1-14-9-10-17(12-18(14)22)24-20(25)19(15-6-3-2-4-7-15)27-21(26)16-8-5-11-23-13-16/h2-13,19H,1H3,(H,24,25)/t19-/m0/s1. The molecule has 0 bridgehead atoms. The highest BCUT2D eigenvalue weighted by Crippen LogP contribution is 2.24. The van der Waals surface area contributed by atoms with E-state index in [2.05, 4.69) is 10.3 Å². The van der Waals surface area contributed by atoms with E-state index in [4.69, 9.17) is 16.3 Å². The van der Waals surface area contributed by atoms with E-state index < -0.39 is 18.0 Å². The number of nitrogens with one attached hydrogen (secondary N) is 1. The van der Waals surface area contributed by atoms with E-state index in [1.165, 1.54) is 6.20 Å². The molecular formula is C21H17ClN2O3. The molecule has 0 unspecified atom stereocenters. The smallest absolute Gasteiger partial charge is 0.340 e. The highest BCUT2D eigenvalue weighted by Gasteiger charge is 2.26. The van der Waals surface area contributed by atoms with E-state index in [-0.39, 0.29) is 5.56 Å². The molecule has 0 saturated heterocycles. The maximum Gasteiger partial charge on any atom is 0.340 e. The minimum absolute atomic E-state index is 0.268. The molecule has 1 aromatic heterocycles. The van der Waals surface area contributed by atoms with E-state index in [0.29, 0.717) is 16.3 Å². The zero-order chi connectivity index (χ0) is 19.2. The number of hydrogen-bond acceptors (Lipinski definition) is 4. The molecule has 3 aromatic rings. The van der Waals surface area contributed by atoms with Gasteiger partial charge in [0.2, 0.25) is 6.10 Å². The van der Waals surface area contributed by atoms with Crippen LogP contribution in [0.25, 0.3) is 0 Å². The van der Waals surface area contributed by atoms with Crippen molar-refractivity contribution in [1.82, 2.24) is 4.98 Å². The highest BCUT2D eigenvalue weighted by atomic mass is 35.5. The number of halogens is 1. The topological polar surface area (TPSA) is 68.3 Å². The number of ether oxygens (including phenoxy) is 1. The number of anilines is 1. The fourth-order valence-electron chi connectivity index (χ4n) is 2.44. The Hall–Kier alpha value is -3.18. The molecule has 0 spiro atoms. The first-order chi connectivity index (χ1) is 13.0. The minimum atomic E-state index is -1.11. The molecule has 136 valence electrons. The van der Waals surface area contributed by atoms with Gasteiger partial charge in [-0.1, -0.05) is 48.0 Å². The average Bonchev–Trinajstić information content (AvgIpc) is 2.70. The van der Waals surface area contributed by atoms with Gasteiger partial charge < -0.3 is 10.1 Å². The van der Waals surface area contributed by atoms with Crippen molar-refractivity contribution in [2.24, 2.45) is 0 Å². The monoisotopic (exact) mass is 380 g/mol. The number of hydrogen-bond donors (Lipinski definition) is 1. The molecular weight excluding hydrogens is 364 g/mol. The first-order valence-corrected chi connectivity index (χ1v) is 8.65. The van der Waals surface area contributed by atoms with Crippen LogP contribution in [0.15, 0.2) is 73.1 Å². The first kappa shape index (κ1) is 18.6. The zero-order valence-corrected chi connectivity index (χ0v) is 15.3. The van der Waals surface area contributed by atoms with Crippen molar-refractivity contribution in [2.75, 3.05) is 5.32 Å². The van der Waals surface area contributed by atoms with Crippen LogP contribution in [0.1, 0.15) is 27.6 Å². The lowest BCUT2D eigenvalue weighted by Gasteiger charge is -2.18. The summed E-state index contributed by atoms with van der Waals surface area (Å²) in [7, 11) is 0. The number of benzene rings is 2. The van der Waals surface area contributed by atoms with Crippen molar-refractivity contribution in [3.63, 3.8) is 0 Å². The van der Waals surface area contributed by atoms with Gasteiger partial charge in [-0.15, -0.1) is 0 Å². The molecule has 1 N–H and O–H groups in total. The number of pyridine rings is 1. The molecule has 6 heteroatoms. The number of carbonyl (C=O) groups is 2. The van der Waals surface area contributed by atoms with Gasteiger partial charge in [-0.25, -0.2) is 4.79 Å². The molecule has 3 rings (SSSR count).